The van der Waals surface area contributed by atoms with Crippen molar-refractivity contribution in [3.8, 4) is 5.75 Å². The second-order valence-electron chi connectivity index (χ2n) is 6.34. The smallest absolute Gasteiger partial charge is 0.252 e. The highest BCUT2D eigenvalue weighted by Crippen LogP contribution is 2.31. The third kappa shape index (κ3) is 4.50. The molecule has 2 aromatic carbocycles. The normalized spacial score (nSPS) is 15.7. The molecule has 1 N–H and O–H groups in total. The number of nitrogens with zero attached hydrogens (tertiary/aromatic N) is 1. The van der Waals surface area contributed by atoms with Crippen LogP contribution in [0.15, 0.2) is 42.5 Å². The number of nitrogens with one attached hydrogen (secondary N) is 1. The van der Waals surface area contributed by atoms with E-state index in [1.807, 2.05) is 24.3 Å². The van der Waals surface area contributed by atoms with Gasteiger partial charge in [0.25, 0.3) is 5.91 Å². The summed E-state index contributed by atoms with van der Waals surface area (Å²) in [5.74, 6) is 0.756. The van der Waals surface area contributed by atoms with Crippen molar-refractivity contribution in [1.82, 2.24) is 10.2 Å². The number of likely N-dealkylation sites (tertiary alicyclic amines) is 1. The Morgan fingerprint density at radius 2 is 2.00 bits per heavy atom. The molecule has 0 aliphatic carbocycles. The first-order valence-electron chi connectivity index (χ1n) is 8.70. The molecule has 1 saturated heterocycles. The molecule has 138 valence electrons. The van der Waals surface area contributed by atoms with E-state index in [1.165, 1.54) is 12.8 Å². The third-order valence-electron chi connectivity index (χ3n) is 4.71. The van der Waals surface area contributed by atoms with E-state index in [2.05, 4.69) is 38.9 Å². The van der Waals surface area contributed by atoms with Gasteiger partial charge in [0.1, 0.15) is 5.75 Å². The average molecular weight is 485 g/mol. The zero-order valence-electron chi connectivity index (χ0n) is 14.7. The van der Waals surface area contributed by atoms with Crippen LogP contribution in [0.2, 0.25) is 5.02 Å². The van der Waals surface area contributed by atoms with E-state index in [4.69, 9.17) is 16.3 Å². The lowest BCUT2D eigenvalue weighted by Gasteiger charge is -2.29. The van der Waals surface area contributed by atoms with Crippen molar-refractivity contribution in [2.45, 2.75) is 18.9 Å². The monoisotopic (exact) mass is 484 g/mol. The van der Waals surface area contributed by atoms with E-state index in [1.54, 1.807) is 19.2 Å². The average Bonchev–Trinajstić information content (AvgIpc) is 3.18. The van der Waals surface area contributed by atoms with Crippen molar-refractivity contribution in [1.29, 1.82) is 0 Å². The topological polar surface area (TPSA) is 41.6 Å². The minimum absolute atomic E-state index is 0.0921. The molecule has 4 nitrogen and oxygen atoms in total. The van der Waals surface area contributed by atoms with E-state index < -0.39 is 0 Å². The Bertz CT molecular complexity index is 778. The first kappa shape index (κ1) is 19.5. The lowest BCUT2D eigenvalue weighted by molar-refractivity contribution is 0.0936. The van der Waals surface area contributed by atoms with Gasteiger partial charge in [0.2, 0.25) is 0 Å². The van der Waals surface area contributed by atoms with Crippen molar-refractivity contribution in [3.63, 3.8) is 0 Å². The molecule has 0 radical (unpaired) electrons. The fraction of sp³-hybridized carbons (Fsp3) is 0.350. The summed E-state index contributed by atoms with van der Waals surface area (Å²) in [6, 6.07) is 13.5. The molecule has 1 heterocycles. The third-order valence-corrected chi connectivity index (χ3v) is 5.88. The summed E-state index contributed by atoms with van der Waals surface area (Å²) in [6.07, 6.45) is 2.37. The number of hydrogen-bond donors (Lipinski definition) is 1. The Kier molecular flexibility index (Phi) is 6.78. The fourth-order valence-electron chi connectivity index (χ4n) is 3.39. The molecule has 1 unspecified atom stereocenters. The molecule has 1 atom stereocenters. The second kappa shape index (κ2) is 9.06. The zero-order valence-corrected chi connectivity index (χ0v) is 17.6. The van der Waals surface area contributed by atoms with Crippen LogP contribution in [0, 0.1) is 3.57 Å². The zero-order chi connectivity index (χ0) is 18.5. The molecule has 6 heteroatoms. The van der Waals surface area contributed by atoms with Gasteiger partial charge in [-0.3, -0.25) is 9.69 Å². The molecule has 0 spiro atoms. The molecule has 3 rings (SSSR count). The minimum Gasteiger partial charge on any atom is -0.496 e. The number of benzene rings is 2. The van der Waals surface area contributed by atoms with Gasteiger partial charge in [0.15, 0.2) is 0 Å². The van der Waals surface area contributed by atoms with E-state index in [-0.39, 0.29) is 11.9 Å². The number of carbonyl (C=O) groups is 1. The molecule has 0 bridgehead atoms. The van der Waals surface area contributed by atoms with Crippen LogP contribution in [0.4, 0.5) is 0 Å². The summed E-state index contributed by atoms with van der Waals surface area (Å²) in [4.78, 5) is 15.1. The molecular weight excluding hydrogens is 463 g/mol. The van der Waals surface area contributed by atoms with E-state index in [0.717, 1.165) is 28.0 Å². The molecule has 1 aliphatic heterocycles. The summed E-state index contributed by atoms with van der Waals surface area (Å²) in [6.45, 7) is 2.60. The molecular formula is C20H22ClIN2O2. The quantitative estimate of drug-likeness (QED) is 0.613. The van der Waals surface area contributed by atoms with Crippen molar-refractivity contribution in [3.05, 3.63) is 62.2 Å². The maximum absolute atomic E-state index is 12.7. The van der Waals surface area contributed by atoms with Gasteiger partial charge in [-0.1, -0.05) is 29.8 Å². The Hall–Kier alpha value is -1.31. The maximum atomic E-state index is 12.7. The lowest BCUT2D eigenvalue weighted by atomic mass is 10.0. The van der Waals surface area contributed by atoms with Crippen molar-refractivity contribution >= 4 is 40.1 Å². The van der Waals surface area contributed by atoms with Crippen LogP contribution >= 0.6 is 34.2 Å². The highest BCUT2D eigenvalue weighted by Gasteiger charge is 2.26. The SMILES string of the molecule is COc1ccccc1C(CNC(=O)c1cc(Cl)ccc1I)N1CCCC1. The predicted molar refractivity (Wildman–Crippen MR) is 113 cm³/mol. The molecule has 2 aromatic rings. The van der Waals surface area contributed by atoms with Crippen molar-refractivity contribution in [2.24, 2.45) is 0 Å². The number of halogens is 2. The lowest BCUT2D eigenvalue weighted by Crippen LogP contribution is -2.37. The first-order valence-corrected chi connectivity index (χ1v) is 10.2. The summed E-state index contributed by atoms with van der Waals surface area (Å²) >= 11 is 8.21. The van der Waals surface area contributed by atoms with Crippen LogP contribution in [0.1, 0.15) is 34.8 Å². The number of methoxy groups -OCH3 is 1. The van der Waals surface area contributed by atoms with Gasteiger partial charge in [-0.2, -0.15) is 0 Å². The minimum atomic E-state index is -0.101. The molecule has 26 heavy (non-hydrogen) atoms. The summed E-state index contributed by atoms with van der Waals surface area (Å²) in [7, 11) is 1.69. The number of amides is 1. The Morgan fingerprint density at radius 1 is 1.27 bits per heavy atom. The number of rotatable bonds is 6. The van der Waals surface area contributed by atoms with Crippen molar-refractivity contribution < 1.29 is 9.53 Å². The molecule has 0 aromatic heterocycles. The fourth-order valence-corrected chi connectivity index (χ4v) is 4.14. The molecule has 1 aliphatic rings. The van der Waals surface area contributed by atoms with Gasteiger partial charge in [0.05, 0.1) is 18.7 Å². The van der Waals surface area contributed by atoms with Crippen LogP contribution in [-0.4, -0.2) is 37.6 Å². The van der Waals surface area contributed by atoms with Crippen LogP contribution in [0.25, 0.3) is 0 Å². The summed E-state index contributed by atoms with van der Waals surface area (Å²) in [5, 5.41) is 3.66. The van der Waals surface area contributed by atoms with Gasteiger partial charge in [-0.15, -0.1) is 0 Å². The van der Waals surface area contributed by atoms with E-state index in [0.29, 0.717) is 17.1 Å². The van der Waals surface area contributed by atoms with Gasteiger partial charge in [-0.05, 0) is 72.8 Å². The van der Waals surface area contributed by atoms with Crippen LogP contribution in [-0.2, 0) is 0 Å². The van der Waals surface area contributed by atoms with Gasteiger partial charge in [0, 0.05) is 20.7 Å². The van der Waals surface area contributed by atoms with Crippen LogP contribution in [0.3, 0.4) is 0 Å². The standard InChI is InChI=1S/C20H22ClIN2O2/c1-26-19-7-3-2-6-15(19)18(24-10-4-5-11-24)13-23-20(25)16-12-14(21)8-9-17(16)22/h2-3,6-9,12,18H,4-5,10-11,13H2,1H3,(H,23,25). The summed E-state index contributed by atoms with van der Waals surface area (Å²) in [5.41, 5.74) is 1.72. The Balaban J connectivity index is 1.80. The van der Waals surface area contributed by atoms with E-state index >= 15 is 0 Å². The van der Waals surface area contributed by atoms with Gasteiger partial charge in [-0.25, -0.2) is 0 Å². The second-order valence-corrected chi connectivity index (χ2v) is 7.93. The van der Waals surface area contributed by atoms with Crippen LogP contribution in [0.5, 0.6) is 5.75 Å². The highest BCUT2D eigenvalue weighted by molar-refractivity contribution is 14.1. The molecule has 1 amide bonds. The van der Waals surface area contributed by atoms with E-state index in [9.17, 15) is 4.79 Å². The number of carbonyl (C=O) groups excluding carboxylic acids is 1. The van der Waals surface area contributed by atoms with Gasteiger partial charge >= 0.3 is 0 Å². The number of para-hydroxylation sites is 1. The Morgan fingerprint density at radius 3 is 2.73 bits per heavy atom. The highest BCUT2D eigenvalue weighted by atomic mass is 127. The van der Waals surface area contributed by atoms with Gasteiger partial charge < -0.3 is 10.1 Å². The molecule has 1 fully saturated rings. The molecule has 0 saturated carbocycles. The Labute approximate surface area is 173 Å². The van der Waals surface area contributed by atoms with Crippen molar-refractivity contribution in [2.75, 3.05) is 26.7 Å². The predicted octanol–water partition coefficient (Wildman–Crippen LogP) is 4.52. The first-order chi connectivity index (χ1) is 12.6. The maximum Gasteiger partial charge on any atom is 0.252 e. The summed E-state index contributed by atoms with van der Waals surface area (Å²) < 4.78 is 6.44. The largest absolute Gasteiger partial charge is 0.496 e. The number of hydrogen-bond acceptors (Lipinski definition) is 3. The number of ether oxygens (including phenoxy) is 1. The van der Waals surface area contributed by atoms with Crippen LogP contribution < -0.4 is 10.1 Å².